The first-order valence-electron chi connectivity index (χ1n) is 6.79. The summed E-state index contributed by atoms with van der Waals surface area (Å²) in [6.07, 6.45) is 3.20. The molecule has 108 valence electrons. The van der Waals surface area contributed by atoms with Crippen LogP contribution in [-0.4, -0.2) is 23.0 Å². The minimum atomic E-state index is -0.831. The van der Waals surface area contributed by atoms with Crippen LogP contribution in [0.15, 0.2) is 18.2 Å². The Labute approximate surface area is 123 Å². The average molecular weight is 296 g/mol. The maximum Gasteiger partial charge on any atom is 0.308 e. The molecule has 0 bridgehead atoms. The number of halogens is 1. The molecular weight excluding hydrogens is 278 g/mol. The number of aryl methyl sites for hydroxylation is 1. The van der Waals surface area contributed by atoms with Gasteiger partial charge in [0.2, 0.25) is 0 Å². The fraction of sp³-hybridized carbons (Fsp3) is 0.467. The second kappa shape index (κ2) is 6.27. The summed E-state index contributed by atoms with van der Waals surface area (Å²) in [5.74, 6) is -1.54. The molecule has 1 aromatic rings. The largest absolute Gasteiger partial charge is 0.481 e. The van der Waals surface area contributed by atoms with Gasteiger partial charge in [-0.3, -0.25) is 9.59 Å². The lowest BCUT2D eigenvalue weighted by atomic mass is 9.84. The van der Waals surface area contributed by atoms with Crippen LogP contribution in [-0.2, 0) is 4.79 Å². The predicted octanol–water partition coefficient (Wildman–Crippen LogP) is 3.02. The number of amides is 1. The molecule has 0 saturated heterocycles. The van der Waals surface area contributed by atoms with E-state index < -0.39 is 11.9 Å². The third-order valence-corrected chi connectivity index (χ3v) is 4.07. The van der Waals surface area contributed by atoms with Crippen LogP contribution in [0, 0.1) is 12.8 Å². The lowest BCUT2D eigenvalue weighted by Crippen LogP contribution is -2.45. The minimum Gasteiger partial charge on any atom is -0.481 e. The lowest BCUT2D eigenvalue weighted by Gasteiger charge is -2.29. The van der Waals surface area contributed by atoms with Crippen LogP contribution in [0.5, 0.6) is 0 Å². The lowest BCUT2D eigenvalue weighted by molar-refractivity contribution is -0.143. The summed E-state index contributed by atoms with van der Waals surface area (Å²) in [6, 6.07) is 4.78. The second-order valence-corrected chi connectivity index (χ2v) is 5.70. The molecule has 2 N–H and O–H groups in total. The van der Waals surface area contributed by atoms with Crippen molar-refractivity contribution in [2.45, 2.75) is 38.6 Å². The molecule has 0 aliphatic heterocycles. The number of carbonyl (C=O) groups is 2. The van der Waals surface area contributed by atoms with E-state index in [1.54, 1.807) is 18.2 Å². The maximum atomic E-state index is 12.3. The number of carboxylic acids is 1. The highest BCUT2D eigenvalue weighted by atomic mass is 35.5. The van der Waals surface area contributed by atoms with Gasteiger partial charge in [0.25, 0.3) is 5.91 Å². The van der Waals surface area contributed by atoms with Crippen molar-refractivity contribution < 1.29 is 14.7 Å². The first kappa shape index (κ1) is 14.9. The number of benzene rings is 1. The molecule has 0 heterocycles. The summed E-state index contributed by atoms with van der Waals surface area (Å²) in [5.41, 5.74) is 1.33. The van der Waals surface area contributed by atoms with E-state index in [9.17, 15) is 14.7 Å². The molecule has 4 nitrogen and oxygen atoms in total. The molecule has 1 aliphatic carbocycles. The van der Waals surface area contributed by atoms with E-state index in [0.29, 0.717) is 17.0 Å². The minimum absolute atomic E-state index is 0.225. The smallest absolute Gasteiger partial charge is 0.308 e. The van der Waals surface area contributed by atoms with Crippen LogP contribution in [0.25, 0.3) is 0 Å². The van der Waals surface area contributed by atoms with Gasteiger partial charge in [0.15, 0.2) is 0 Å². The zero-order chi connectivity index (χ0) is 14.7. The van der Waals surface area contributed by atoms with Gasteiger partial charge in [-0.2, -0.15) is 0 Å². The first-order valence-corrected chi connectivity index (χ1v) is 7.16. The summed E-state index contributed by atoms with van der Waals surface area (Å²) < 4.78 is 0. The van der Waals surface area contributed by atoms with E-state index in [0.717, 1.165) is 24.8 Å². The SMILES string of the molecule is Cc1cc(Cl)ccc1C(=O)NC1CCCCC1C(=O)O. The number of hydrogen-bond acceptors (Lipinski definition) is 2. The predicted molar refractivity (Wildman–Crippen MR) is 77.0 cm³/mol. The third-order valence-electron chi connectivity index (χ3n) is 3.83. The number of rotatable bonds is 3. The number of carboxylic acid groups (broad SMARTS) is 1. The summed E-state index contributed by atoms with van der Waals surface area (Å²) in [4.78, 5) is 23.5. The van der Waals surface area contributed by atoms with Gasteiger partial charge < -0.3 is 10.4 Å². The van der Waals surface area contributed by atoms with E-state index in [2.05, 4.69) is 5.32 Å². The van der Waals surface area contributed by atoms with Gasteiger partial charge in [0.1, 0.15) is 0 Å². The zero-order valence-electron chi connectivity index (χ0n) is 11.4. The van der Waals surface area contributed by atoms with Crippen molar-refractivity contribution in [2.24, 2.45) is 5.92 Å². The fourth-order valence-corrected chi connectivity index (χ4v) is 2.95. The normalized spacial score (nSPS) is 22.3. The summed E-state index contributed by atoms with van der Waals surface area (Å²) in [7, 11) is 0. The average Bonchev–Trinajstić information content (AvgIpc) is 2.38. The molecule has 1 aliphatic rings. The number of nitrogens with one attached hydrogen (secondary N) is 1. The monoisotopic (exact) mass is 295 g/mol. The van der Waals surface area contributed by atoms with E-state index in [4.69, 9.17) is 11.6 Å². The topological polar surface area (TPSA) is 66.4 Å². The Hall–Kier alpha value is -1.55. The van der Waals surface area contributed by atoms with Crippen LogP contribution < -0.4 is 5.32 Å². The molecule has 0 radical (unpaired) electrons. The standard InChI is InChI=1S/C15H18ClNO3/c1-9-8-10(16)6-7-11(9)14(18)17-13-5-3-2-4-12(13)15(19)20/h6-8,12-13H,2-5H2,1H3,(H,17,18)(H,19,20). The van der Waals surface area contributed by atoms with Crippen molar-refractivity contribution in [3.05, 3.63) is 34.3 Å². The van der Waals surface area contributed by atoms with Gasteiger partial charge in [-0.1, -0.05) is 24.4 Å². The molecule has 1 amide bonds. The molecule has 2 unspecified atom stereocenters. The number of aliphatic carboxylic acids is 1. The van der Waals surface area contributed by atoms with E-state index >= 15 is 0 Å². The van der Waals surface area contributed by atoms with Gasteiger partial charge in [0.05, 0.1) is 5.92 Å². The Bertz CT molecular complexity index is 530. The summed E-state index contributed by atoms with van der Waals surface area (Å²) in [6.45, 7) is 1.82. The Morgan fingerprint density at radius 3 is 2.65 bits per heavy atom. The van der Waals surface area contributed by atoms with Crippen molar-refractivity contribution in [3.8, 4) is 0 Å². The fourth-order valence-electron chi connectivity index (χ4n) is 2.73. The molecule has 1 aromatic carbocycles. The van der Waals surface area contributed by atoms with E-state index in [-0.39, 0.29) is 11.9 Å². The zero-order valence-corrected chi connectivity index (χ0v) is 12.1. The van der Waals surface area contributed by atoms with Crippen LogP contribution in [0.2, 0.25) is 5.02 Å². The Morgan fingerprint density at radius 2 is 2.00 bits per heavy atom. The summed E-state index contributed by atoms with van der Waals surface area (Å²) >= 11 is 5.87. The highest BCUT2D eigenvalue weighted by Gasteiger charge is 2.32. The Balaban J connectivity index is 2.11. The van der Waals surface area contributed by atoms with E-state index in [1.807, 2.05) is 6.92 Å². The number of hydrogen-bond donors (Lipinski definition) is 2. The molecular formula is C15H18ClNO3. The van der Waals surface area contributed by atoms with Crippen molar-refractivity contribution in [3.63, 3.8) is 0 Å². The number of carbonyl (C=O) groups excluding carboxylic acids is 1. The van der Waals surface area contributed by atoms with Gasteiger partial charge >= 0.3 is 5.97 Å². The van der Waals surface area contributed by atoms with Crippen molar-refractivity contribution in [1.29, 1.82) is 0 Å². The van der Waals surface area contributed by atoms with Crippen LogP contribution in [0.1, 0.15) is 41.6 Å². The van der Waals surface area contributed by atoms with Crippen molar-refractivity contribution in [2.75, 3.05) is 0 Å². The molecule has 1 fully saturated rings. The summed E-state index contributed by atoms with van der Waals surface area (Å²) in [5, 5.41) is 12.7. The van der Waals surface area contributed by atoms with Gasteiger partial charge in [-0.05, 0) is 43.5 Å². The van der Waals surface area contributed by atoms with Crippen LogP contribution >= 0.6 is 11.6 Å². The molecule has 2 atom stereocenters. The van der Waals surface area contributed by atoms with Crippen LogP contribution in [0.4, 0.5) is 0 Å². The molecule has 5 heteroatoms. The highest BCUT2D eigenvalue weighted by Crippen LogP contribution is 2.25. The Morgan fingerprint density at radius 1 is 1.30 bits per heavy atom. The third kappa shape index (κ3) is 3.31. The Kier molecular flexibility index (Phi) is 4.65. The molecule has 1 saturated carbocycles. The quantitative estimate of drug-likeness (QED) is 0.901. The second-order valence-electron chi connectivity index (χ2n) is 5.27. The molecule has 0 spiro atoms. The van der Waals surface area contributed by atoms with E-state index in [1.165, 1.54) is 0 Å². The van der Waals surface area contributed by atoms with Gasteiger partial charge in [-0.25, -0.2) is 0 Å². The van der Waals surface area contributed by atoms with Crippen molar-refractivity contribution in [1.82, 2.24) is 5.32 Å². The van der Waals surface area contributed by atoms with Crippen molar-refractivity contribution >= 4 is 23.5 Å². The molecule has 20 heavy (non-hydrogen) atoms. The van der Waals surface area contributed by atoms with Gasteiger partial charge in [0, 0.05) is 16.6 Å². The maximum absolute atomic E-state index is 12.3. The molecule has 2 rings (SSSR count). The first-order chi connectivity index (χ1) is 9.49. The van der Waals surface area contributed by atoms with Crippen LogP contribution in [0.3, 0.4) is 0 Å². The molecule has 0 aromatic heterocycles. The highest BCUT2D eigenvalue weighted by molar-refractivity contribution is 6.30. The van der Waals surface area contributed by atoms with Gasteiger partial charge in [-0.15, -0.1) is 0 Å².